The third-order valence-electron chi connectivity index (χ3n) is 4.54. The van der Waals surface area contributed by atoms with E-state index in [0.717, 1.165) is 25.0 Å². The maximum atomic E-state index is 12.7. The van der Waals surface area contributed by atoms with Crippen LogP contribution in [0.5, 0.6) is 0 Å². The fraction of sp³-hybridized carbons (Fsp3) is 0.562. The summed E-state index contributed by atoms with van der Waals surface area (Å²) in [5.41, 5.74) is -1.18. The molecule has 2 nitrogen and oxygen atoms in total. The summed E-state index contributed by atoms with van der Waals surface area (Å²) < 4.78 is 38.2. The molecule has 0 aromatic heterocycles. The van der Waals surface area contributed by atoms with Crippen LogP contribution >= 0.6 is 0 Å². The maximum absolute atomic E-state index is 12.7. The number of alkyl halides is 3. The summed E-state index contributed by atoms with van der Waals surface area (Å²) in [5, 5.41) is 9.55. The van der Waals surface area contributed by atoms with Crippen molar-refractivity contribution in [3.05, 3.63) is 35.4 Å². The molecular formula is C16H19F3O2. The third kappa shape index (κ3) is 3.39. The van der Waals surface area contributed by atoms with E-state index in [1.54, 1.807) is 6.07 Å². The molecule has 116 valence electrons. The van der Waals surface area contributed by atoms with Crippen LogP contribution in [0.3, 0.4) is 0 Å². The summed E-state index contributed by atoms with van der Waals surface area (Å²) in [6.07, 6.45) is -1.39. The van der Waals surface area contributed by atoms with Gasteiger partial charge < -0.3 is 5.11 Å². The predicted molar refractivity (Wildman–Crippen MR) is 72.8 cm³/mol. The summed E-state index contributed by atoms with van der Waals surface area (Å²) in [7, 11) is 0. The maximum Gasteiger partial charge on any atom is 0.416 e. The second kappa shape index (κ2) is 5.70. The van der Waals surface area contributed by atoms with Crippen molar-refractivity contribution in [2.45, 2.75) is 45.2 Å². The molecule has 5 heteroatoms. The average Bonchev–Trinajstić information content (AvgIpc) is 2.83. The molecule has 21 heavy (non-hydrogen) atoms. The Bertz CT molecular complexity index is 524. The van der Waals surface area contributed by atoms with Gasteiger partial charge in [-0.3, -0.25) is 4.79 Å². The number of carboxylic acid groups (broad SMARTS) is 1. The Morgan fingerprint density at radius 2 is 2.14 bits per heavy atom. The molecule has 2 unspecified atom stereocenters. The van der Waals surface area contributed by atoms with E-state index in [4.69, 9.17) is 0 Å². The van der Waals surface area contributed by atoms with E-state index in [-0.39, 0.29) is 6.42 Å². The Hall–Kier alpha value is -1.52. The van der Waals surface area contributed by atoms with Gasteiger partial charge in [0.2, 0.25) is 0 Å². The summed E-state index contributed by atoms with van der Waals surface area (Å²) in [6.45, 7) is 2.02. The lowest BCUT2D eigenvalue weighted by Crippen LogP contribution is -2.31. The molecule has 1 aromatic rings. The topological polar surface area (TPSA) is 37.3 Å². The van der Waals surface area contributed by atoms with Gasteiger partial charge in [0.25, 0.3) is 0 Å². The van der Waals surface area contributed by atoms with Crippen LogP contribution < -0.4 is 0 Å². The third-order valence-corrected chi connectivity index (χ3v) is 4.54. The summed E-state index contributed by atoms with van der Waals surface area (Å²) >= 11 is 0. The zero-order valence-corrected chi connectivity index (χ0v) is 11.9. The van der Waals surface area contributed by atoms with Gasteiger partial charge in [0.1, 0.15) is 0 Å². The molecule has 0 amide bonds. The zero-order valence-electron chi connectivity index (χ0n) is 11.9. The van der Waals surface area contributed by atoms with E-state index in [2.05, 4.69) is 0 Å². The second-order valence-electron chi connectivity index (χ2n) is 5.98. The van der Waals surface area contributed by atoms with Crippen LogP contribution in [0.15, 0.2) is 24.3 Å². The Morgan fingerprint density at radius 1 is 1.43 bits per heavy atom. The molecule has 0 radical (unpaired) electrons. The van der Waals surface area contributed by atoms with Gasteiger partial charge in [0, 0.05) is 0 Å². The normalized spacial score (nSPS) is 26.0. The van der Waals surface area contributed by atoms with E-state index >= 15 is 0 Å². The number of hydrogen-bond acceptors (Lipinski definition) is 1. The van der Waals surface area contributed by atoms with E-state index in [0.29, 0.717) is 24.3 Å². The van der Waals surface area contributed by atoms with E-state index in [1.807, 2.05) is 6.92 Å². The first-order chi connectivity index (χ1) is 9.77. The van der Waals surface area contributed by atoms with Gasteiger partial charge in [-0.05, 0) is 43.2 Å². The van der Waals surface area contributed by atoms with Gasteiger partial charge in [0.05, 0.1) is 11.0 Å². The van der Waals surface area contributed by atoms with Crippen molar-refractivity contribution in [3.8, 4) is 0 Å². The highest BCUT2D eigenvalue weighted by molar-refractivity contribution is 5.75. The lowest BCUT2D eigenvalue weighted by Gasteiger charge is -2.25. The number of carbonyl (C=O) groups is 1. The Kier molecular flexibility index (Phi) is 4.30. The fourth-order valence-electron chi connectivity index (χ4n) is 3.26. The SMILES string of the molecule is CCC1CCC(Cc2cccc(C(F)(F)F)c2)(C(=O)O)C1. The van der Waals surface area contributed by atoms with Crippen molar-refractivity contribution in [2.24, 2.45) is 11.3 Å². The number of benzene rings is 1. The van der Waals surface area contributed by atoms with Gasteiger partial charge >= 0.3 is 12.1 Å². The average molecular weight is 300 g/mol. The molecule has 1 aliphatic carbocycles. The van der Waals surface area contributed by atoms with E-state index in [1.165, 1.54) is 6.07 Å². The monoisotopic (exact) mass is 300 g/mol. The second-order valence-corrected chi connectivity index (χ2v) is 5.98. The molecule has 0 bridgehead atoms. The highest BCUT2D eigenvalue weighted by Gasteiger charge is 2.45. The van der Waals surface area contributed by atoms with Crippen molar-refractivity contribution in [3.63, 3.8) is 0 Å². The molecule has 0 saturated heterocycles. The summed E-state index contributed by atoms with van der Waals surface area (Å²) in [6, 6.07) is 5.02. The first-order valence-electron chi connectivity index (χ1n) is 7.16. The predicted octanol–water partition coefficient (Wildman–Crippen LogP) is 4.53. The molecule has 1 saturated carbocycles. The van der Waals surface area contributed by atoms with Crippen LogP contribution in [-0.4, -0.2) is 11.1 Å². The molecule has 2 atom stereocenters. The van der Waals surface area contributed by atoms with Gasteiger partial charge in [-0.15, -0.1) is 0 Å². The highest BCUT2D eigenvalue weighted by atomic mass is 19.4. The van der Waals surface area contributed by atoms with Gasteiger partial charge in [-0.1, -0.05) is 31.5 Å². The smallest absolute Gasteiger partial charge is 0.416 e. The fourth-order valence-corrected chi connectivity index (χ4v) is 3.26. The number of hydrogen-bond donors (Lipinski definition) is 1. The van der Waals surface area contributed by atoms with Gasteiger partial charge in [0.15, 0.2) is 0 Å². The molecule has 1 fully saturated rings. The minimum atomic E-state index is -4.39. The van der Waals surface area contributed by atoms with Crippen molar-refractivity contribution >= 4 is 5.97 Å². The van der Waals surface area contributed by atoms with Crippen molar-refractivity contribution in [2.75, 3.05) is 0 Å². The minimum Gasteiger partial charge on any atom is -0.481 e. The van der Waals surface area contributed by atoms with Crippen molar-refractivity contribution in [1.82, 2.24) is 0 Å². The lowest BCUT2D eigenvalue weighted by atomic mass is 9.79. The molecule has 0 heterocycles. The molecule has 1 aliphatic rings. The molecule has 1 N–H and O–H groups in total. The van der Waals surface area contributed by atoms with Crippen LogP contribution in [0, 0.1) is 11.3 Å². The molecule has 1 aromatic carbocycles. The van der Waals surface area contributed by atoms with Crippen LogP contribution in [0.1, 0.15) is 43.7 Å². The van der Waals surface area contributed by atoms with Crippen LogP contribution in [0.2, 0.25) is 0 Å². The van der Waals surface area contributed by atoms with Gasteiger partial charge in [-0.25, -0.2) is 0 Å². The first kappa shape index (κ1) is 15.9. The number of rotatable bonds is 4. The van der Waals surface area contributed by atoms with Crippen LogP contribution in [0.25, 0.3) is 0 Å². The number of aliphatic carboxylic acids is 1. The minimum absolute atomic E-state index is 0.169. The van der Waals surface area contributed by atoms with Crippen molar-refractivity contribution < 1.29 is 23.1 Å². The standard InChI is InChI=1S/C16H19F3O2/c1-2-11-6-7-15(9-11,14(20)21)10-12-4-3-5-13(8-12)16(17,18)19/h3-5,8,11H,2,6-7,9-10H2,1H3,(H,20,21). The van der Waals surface area contributed by atoms with E-state index < -0.39 is 23.1 Å². The lowest BCUT2D eigenvalue weighted by molar-refractivity contribution is -0.148. The quantitative estimate of drug-likeness (QED) is 0.887. The Labute approximate surface area is 122 Å². The summed E-state index contributed by atoms with van der Waals surface area (Å²) in [4.78, 5) is 11.6. The van der Waals surface area contributed by atoms with Crippen LogP contribution in [0.4, 0.5) is 13.2 Å². The molecular weight excluding hydrogens is 281 g/mol. The molecule has 0 spiro atoms. The summed E-state index contributed by atoms with van der Waals surface area (Å²) in [5.74, 6) is -0.539. The first-order valence-corrected chi connectivity index (χ1v) is 7.16. The molecule has 2 rings (SSSR count). The zero-order chi connectivity index (χ0) is 15.7. The van der Waals surface area contributed by atoms with E-state index in [9.17, 15) is 23.1 Å². The Morgan fingerprint density at radius 3 is 2.67 bits per heavy atom. The Balaban J connectivity index is 2.25. The molecule has 0 aliphatic heterocycles. The largest absolute Gasteiger partial charge is 0.481 e. The van der Waals surface area contributed by atoms with Gasteiger partial charge in [-0.2, -0.15) is 13.2 Å². The number of carboxylic acids is 1. The van der Waals surface area contributed by atoms with Crippen molar-refractivity contribution in [1.29, 1.82) is 0 Å². The highest BCUT2D eigenvalue weighted by Crippen LogP contribution is 2.46. The number of halogens is 3. The van der Waals surface area contributed by atoms with Crippen LogP contribution in [-0.2, 0) is 17.4 Å².